The number of nitrogens with one attached hydrogen (secondary N) is 1. The number of benzene rings is 1. The molecule has 1 aliphatic heterocycles. The molecule has 0 atom stereocenters. The lowest BCUT2D eigenvalue weighted by atomic mass is 10.1. The maximum atomic E-state index is 12.1. The maximum Gasteiger partial charge on any atom is 0.248 e. The lowest BCUT2D eigenvalue weighted by Crippen LogP contribution is -2.36. The molecule has 3 rings (SSSR count). The summed E-state index contributed by atoms with van der Waals surface area (Å²) >= 11 is 0. The minimum absolute atomic E-state index is 0.00407. The summed E-state index contributed by atoms with van der Waals surface area (Å²) < 4.78 is 0. The van der Waals surface area contributed by atoms with Crippen molar-refractivity contribution in [2.75, 3.05) is 25.0 Å². The first-order valence-electron chi connectivity index (χ1n) is 8.96. The number of aromatic nitrogens is 1. The highest BCUT2D eigenvalue weighted by atomic mass is 16.2. The number of piperidine rings is 1. The Morgan fingerprint density at radius 1 is 1.12 bits per heavy atom. The van der Waals surface area contributed by atoms with Crippen LogP contribution in [0.2, 0.25) is 0 Å². The van der Waals surface area contributed by atoms with Gasteiger partial charge in [0.2, 0.25) is 11.8 Å². The van der Waals surface area contributed by atoms with Crippen molar-refractivity contribution in [3.05, 3.63) is 59.4 Å². The molecule has 1 aromatic carbocycles. The Bertz CT molecular complexity index is 768. The van der Waals surface area contributed by atoms with Gasteiger partial charge in [-0.15, -0.1) is 0 Å². The van der Waals surface area contributed by atoms with Crippen molar-refractivity contribution < 1.29 is 9.59 Å². The summed E-state index contributed by atoms with van der Waals surface area (Å²) in [5, 5.41) is 2.90. The molecule has 1 saturated heterocycles. The first-order chi connectivity index (χ1) is 12.6. The number of hydrogen-bond acceptors (Lipinski definition) is 4. The third kappa shape index (κ3) is 5.13. The van der Waals surface area contributed by atoms with Gasteiger partial charge in [0.05, 0.1) is 18.4 Å². The standard InChI is InChI=1S/C20H24N4O2/c21-20(26)16-6-4-5-15(11-16)12-17-7-8-18(13-22-17)23-19(25)14-24-9-2-1-3-10-24/h4-8,11,13H,1-3,9-10,12,14H2,(H2,21,26)(H,23,25). The topological polar surface area (TPSA) is 88.3 Å². The Balaban J connectivity index is 1.55. The normalized spacial score (nSPS) is 14.8. The number of pyridine rings is 1. The molecule has 6 heteroatoms. The van der Waals surface area contributed by atoms with E-state index in [1.54, 1.807) is 18.3 Å². The second-order valence-electron chi connectivity index (χ2n) is 6.66. The van der Waals surface area contributed by atoms with Crippen LogP contribution in [-0.4, -0.2) is 41.3 Å². The molecule has 1 fully saturated rings. The summed E-state index contributed by atoms with van der Waals surface area (Å²) in [6.07, 6.45) is 5.86. The predicted molar refractivity (Wildman–Crippen MR) is 101 cm³/mol. The van der Waals surface area contributed by atoms with Crippen molar-refractivity contribution in [3.63, 3.8) is 0 Å². The van der Waals surface area contributed by atoms with Gasteiger partial charge >= 0.3 is 0 Å². The van der Waals surface area contributed by atoms with Crippen LogP contribution in [0.5, 0.6) is 0 Å². The molecule has 0 unspecified atom stereocenters. The molecule has 0 bridgehead atoms. The van der Waals surface area contributed by atoms with Crippen LogP contribution in [0.4, 0.5) is 5.69 Å². The number of carbonyl (C=O) groups excluding carboxylic acids is 2. The van der Waals surface area contributed by atoms with Gasteiger partial charge in [0.25, 0.3) is 0 Å². The summed E-state index contributed by atoms with van der Waals surface area (Å²) in [6.45, 7) is 2.42. The Labute approximate surface area is 153 Å². The molecule has 0 radical (unpaired) electrons. The van der Waals surface area contributed by atoms with Crippen LogP contribution in [0, 0.1) is 0 Å². The van der Waals surface area contributed by atoms with E-state index >= 15 is 0 Å². The summed E-state index contributed by atoms with van der Waals surface area (Å²) in [5.74, 6) is -0.442. The Kier molecular flexibility index (Phi) is 5.96. The Hall–Kier alpha value is -2.73. The van der Waals surface area contributed by atoms with Crippen molar-refractivity contribution in [1.29, 1.82) is 0 Å². The number of anilines is 1. The van der Waals surface area contributed by atoms with E-state index in [1.165, 1.54) is 19.3 Å². The second-order valence-corrected chi connectivity index (χ2v) is 6.66. The highest BCUT2D eigenvalue weighted by Crippen LogP contribution is 2.13. The van der Waals surface area contributed by atoms with Crippen LogP contribution >= 0.6 is 0 Å². The molecule has 0 spiro atoms. The number of carbonyl (C=O) groups is 2. The fourth-order valence-corrected chi connectivity index (χ4v) is 3.17. The van der Waals surface area contributed by atoms with Gasteiger partial charge in [-0.25, -0.2) is 0 Å². The molecular formula is C20H24N4O2. The van der Waals surface area contributed by atoms with E-state index in [-0.39, 0.29) is 5.91 Å². The average molecular weight is 352 g/mol. The van der Waals surface area contributed by atoms with E-state index in [4.69, 9.17) is 5.73 Å². The minimum Gasteiger partial charge on any atom is -0.366 e. The molecule has 26 heavy (non-hydrogen) atoms. The number of amides is 2. The third-order valence-corrected chi connectivity index (χ3v) is 4.52. The van der Waals surface area contributed by atoms with Crippen LogP contribution < -0.4 is 11.1 Å². The smallest absolute Gasteiger partial charge is 0.248 e. The van der Waals surface area contributed by atoms with Crippen LogP contribution in [0.3, 0.4) is 0 Å². The monoisotopic (exact) mass is 352 g/mol. The highest BCUT2D eigenvalue weighted by Gasteiger charge is 2.14. The highest BCUT2D eigenvalue weighted by molar-refractivity contribution is 5.93. The van der Waals surface area contributed by atoms with Gasteiger partial charge in [-0.1, -0.05) is 18.6 Å². The Morgan fingerprint density at radius 3 is 2.62 bits per heavy atom. The summed E-state index contributed by atoms with van der Waals surface area (Å²) in [4.78, 5) is 30.0. The van der Waals surface area contributed by atoms with Crippen LogP contribution in [-0.2, 0) is 11.2 Å². The van der Waals surface area contributed by atoms with Gasteiger partial charge in [0.15, 0.2) is 0 Å². The van der Waals surface area contributed by atoms with Crippen molar-refractivity contribution in [2.24, 2.45) is 5.73 Å². The van der Waals surface area contributed by atoms with Gasteiger partial charge in [-0.3, -0.25) is 19.5 Å². The number of likely N-dealkylation sites (tertiary alicyclic amines) is 1. The molecule has 0 aliphatic carbocycles. The van der Waals surface area contributed by atoms with Gasteiger partial charge in [0.1, 0.15) is 0 Å². The molecule has 1 aromatic heterocycles. The SMILES string of the molecule is NC(=O)c1cccc(Cc2ccc(NC(=O)CN3CCCCC3)cn2)c1. The largest absolute Gasteiger partial charge is 0.366 e. The van der Waals surface area contributed by atoms with Crippen molar-refractivity contribution in [1.82, 2.24) is 9.88 Å². The summed E-state index contributed by atoms with van der Waals surface area (Å²) in [6, 6.07) is 11.0. The lowest BCUT2D eigenvalue weighted by molar-refractivity contribution is -0.117. The van der Waals surface area contributed by atoms with Gasteiger partial charge in [-0.05, 0) is 55.8 Å². The van der Waals surface area contributed by atoms with E-state index in [9.17, 15) is 9.59 Å². The lowest BCUT2D eigenvalue weighted by Gasteiger charge is -2.25. The van der Waals surface area contributed by atoms with Crippen molar-refractivity contribution in [3.8, 4) is 0 Å². The van der Waals surface area contributed by atoms with Gasteiger partial charge < -0.3 is 11.1 Å². The number of nitrogens with two attached hydrogens (primary N) is 1. The van der Waals surface area contributed by atoms with Gasteiger partial charge in [-0.2, -0.15) is 0 Å². The van der Waals surface area contributed by atoms with Crippen molar-refractivity contribution >= 4 is 17.5 Å². The summed E-state index contributed by atoms with van der Waals surface area (Å²) in [5.41, 5.74) is 8.33. The number of nitrogens with zero attached hydrogens (tertiary/aromatic N) is 2. The molecule has 2 heterocycles. The molecule has 0 saturated carbocycles. The third-order valence-electron chi connectivity index (χ3n) is 4.52. The van der Waals surface area contributed by atoms with Crippen LogP contribution in [0.15, 0.2) is 42.6 Å². The predicted octanol–water partition coefficient (Wildman–Crippen LogP) is 2.20. The fourth-order valence-electron chi connectivity index (χ4n) is 3.17. The van der Waals surface area contributed by atoms with Gasteiger partial charge in [0, 0.05) is 17.7 Å². The van der Waals surface area contributed by atoms with E-state index in [0.29, 0.717) is 24.2 Å². The second kappa shape index (κ2) is 8.58. The van der Waals surface area contributed by atoms with E-state index in [1.807, 2.05) is 24.3 Å². The molecule has 2 amide bonds. The minimum atomic E-state index is -0.438. The molecule has 6 nitrogen and oxygen atoms in total. The van der Waals surface area contributed by atoms with Crippen LogP contribution in [0.25, 0.3) is 0 Å². The zero-order chi connectivity index (χ0) is 18.4. The zero-order valence-electron chi connectivity index (χ0n) is 14.8. The quantitative estimate of drug-likeness (QED) is 0.834. The number of rotatable bonds is 6. The first-order valence-corrected chi connectivity index (χ1v) is 8.96. The molecule has 1 aliphatic rings. The fraction of sp³-hybridized carbons (Fsp3) is 0.350. The Morgan fingerprint density at radius 2 is 1.92 bits per heavy atom. The zero-order valence-corrected chi connectivity index (χ0v) is 14.8. The van der Waals surface area contributed by atoms with E-state index < -0.39 is 5.91 Å². The average Bonchev–Trinajstić information content (AvgIpc) is 2.64. The van der Waals surface area contributed by atoms with Crippen molar-refractivity contribution in [2.45, 2.75) is 25.7 Å². The van der Waals surface area contributed by atoms with E-state index in [2.05, 4.69) is 15.2 Å². The number of hydrogen-bond donors (Lipinski definition) is 2. The maximum absolute atomic E-state index is 12.1. The molecular weight excluding hydrogens is 328 g/mol. The molecule has 136 valence electrons. The van der Waals surface area contributed by atoms with E-state index in [0.717, 1.165) is 24.3 Å². The summed E-state index contributed by atoms with van der Waals surface area (Å²) in [7, 11) is 0. The molecule has 2 aromatic rings. The first kappa shape index (κ1) is 18.1. The molecule has 3 N–H and O–H groups in total. The van der Waals surface area contributed by atoms with Crippen LogP contribution in [0.1, 0.15) is 40.9 Å². The number of primary amides is 1.